The van der Waals surface area contributed by atoms with Crippen LogP contribution in [0.3, 0.4) is 0 Å². The highest BCUT2D eigenvalue weighted by Crippen LogP contribution is 2.23. The van der Waals surface area contributed by atoms with Crippen molar-refractivity contribution in [3.8, 4) is 11.7 Å². The molecular weight excluding hydrogens is 550 g/mol. The van der Waals surface area contributed by atoms with Gasteiger partial charge in [-0.25, -0.2) is 19.1 Å². The van der Waals surface area contributed by atoms with Crippen LogP contribution in [0, 0.1) is 5.92 Å². The van der Waals surface area contributed by atoms with Crippen molar-refractivity contribution in [3.05, 3.63) is 59.8 Å². The topological polar surface area (TPSA) is 134 Å². The molecule has 228 valence electrons. The first kappa shape index (κ1) is 29.8. The van der Waals surface area contributed by atoms with Crippen molar-refractivity contribution in [2.24, 2.45) is 5.92 Å². The number of pyridine rings is 1. The first-order valence-electron chi connectivity index (χ1n) is 14.5. The van der Waals surface area contributed by atoms with Crippen molar-refractivity contribution in [1.29, 1.82) is 0 Å². The fraction of sp³-hybridized carbons (Fsp3) is 0.467. The van der Waals surface area contributed by atoms with Crippen LogP contribution >= 0.6 is 0 Å². The third-order valence-corrected chi connectivity index (χ3v) is 6.73. The third kappa shape index (κ3) is 7.04. The summed E-state index contributed by atoms with van der Waals surface area (Å²) in [6.07, 6.45) is 7.63. The summed E-state index contributed by atoms with van der Waals surface area (Å²) in [7, 11) is 0. The van der Waals surface area contributed by atoms with Crippen LogP contribution in [0.15, 0.2) is 54.2 Å². The van der Waals surface area contributed by atoms with E-state index in [0.717, 1.165) is 12.2 Å². The Morgan fingerprint density at radius 1 is 1.19 bits per heavy atom. The van der Waals surface area contributed by atoms with Crippen molar-refractivity contribution in [1.82, 2.24) is 39.0 Å². The molecule has 0 aromatic carbocycles. The van der Waals surface area contributed by atoms with E-state index in [1.807, 2.05) is 37.7 Å². The minimum absolute atomic E-state index is 0.118. The molecule has 0 unspecified atom stereocenters. The molecule has 5 heterocycles. The van der Waals surface area contributed by atoms with Crippen molar-refractivity contribution >= 4 is 28.8 Å². The molecule has 13 nitrogen and oxygen atoms in total. The van der Waals surface area contributed by atoms with Crippen molar-refractivity contribution in [3.63, 3.8) is 0 Å². The minimum Gasteiger partial charge on any atom is -0.474 e. The number of hydrogen-bond acceptors (Lipinski definition) is 9. The Hall–Kier alpha value is -4.68. The van der Waals surface area contributed by atoms with Gasteiger partial charge < -0.3 is 19.7 Å². The predicted molar refractivity (Wildman–Crippen MR) is 163 cm³/mol. The second-order valence-corrected chi connectivity index (χ2v) is 12.0. The van der Waals surface area contributed by atoms with E-state index < -0.39 is 5.60 Å². The lowest BCUT2D eigenvalue weighted by Crippen LogP contribution is -2.44. The van der Waals surface area contributed by atoms with Gasteiger partial charge in [0.05, 0.1) is 18.4 Å². The number of ether oxygens (including phenoxy) is 2. The van der Waals surface area contributed by atoms with E-state index in [2.05, 4.69) is 35.8 Å². The normalized spacial score (nSPS) is 14.3. The third-order valence-electron chi connectivity index (χ3n) is 6.73. The monoisotopic (exact) mass is 589 g/mol. The minimum atomic E-state index is -0.539. The van der Waals surface area contributed by atoms with E-state index in [9.17, 15) is 9.59 Å². The Morgan fingerprint density at radius 2 is 1.95 bits per heavy atom. The van der Waals surface area contributed by atoms with Crippen LogP contribution < -0.4 is 15.6 Å². The quantitative estimate of drug-likeness (QED) is 0.279. The van der Waals surface area contributed by atoms with Crippen molar-refractivity contribution in [2.75, 3.05) is 18.4 Å². The van der Waals surface area contributed by atoms with Crippen LogP contribution in [0.2, 0.25) is 0 Å². The van der Waals surface area contributed by atoms with Gasteiger partial charge >= 0.3 is 6.09 Å². The maximum Gasteiger partial charge on any atom is 0.410 e. The van der Waals surface area contributed by atoms with Gasteiger partial charge in [0, 0.05) is 50.9 Å². The molecule has 0 spiro atoms. The predicted octanol–water partition coefficient (Wildman–Crippen LogP) is 4.54. The molecule has 4 aromatic heterocycles. The lowest BCUT2D eigenvalue weighted by molar-refractivity contribution is 0.0123. The van der Waals surface area contributed by atoms with Crippen LogP contribution in [0.1, 0.15) is 47.5 Å². The molecule has 1 aliphatic rings. The largest absolute Gasteiger partial charge is 0.474 e. The fourth-order valence-corrected chi connectivity index (χ4v) is 4.88. The van der Waals surface area contributed by atoms with Crippen molar-refractivity contribution in [2.45, 2.75) is 72.3 Å². The van der Waals surface area contributed by atoms with Crippen LogP contribution in [-0.2, 0) is 17.8 Å². The standard InChI is InChI=1S/C30H39N9O4/c1-7-13-38-27(40)23-17-31-28(33-21-16-32-37(19-21)18-20(2)3)35-26(23)39(38)24-9-8-10-25(34-24)42-22-11-14-36(15-12-22)29(41)43-30(4,5)6/h7-10,16-17,19-20,22H,1,11-15,18H2,2-6H3,(H,31,33,35). The number of anilines is 2. The first-order valence-corrected chi connectivity index (χ1v) is 14.5. The summed E-state index contributed by atoms with van der Waals surface area (Å²) in [4.78, 5) is 41.3. The molecule has 43 heavy (non-hydrogen) atoms. The number of carbonyl (C=O) groups excluding carboxylic acids is 1. The number of nitrogens with one attached hydrogen (secondary N) is 1. The molecule has 1 saturated heterocycles. The zero-order chi connectivity index (χ0) is 30.7. The zero-order valence-corrected chi connectivity index (χ0v) is 25.4. The van der Waals surface area contributed by atoms with Gasteiger partial charge in [-0.3, -0.25) is 9.48 Å². The summed E-state index contributed by atoms with van der Waals surface area (Å²) < 4.78 is 16.8. The maximum absolute atomic E-state index is 13.3. The molecule has 1 amide bonds. The second kappa shape index (κ2) is 12.3. The van der Waals surface area contributed by atoms with E-state index in [0.29, 0.717) is 60.5 Å². The Morgan fingerprint density at radius 3 is 2.65 bits per heavy atom. The number of carbonyl (C=O) groups is 1. The Balaban J connectivity index is 1.38. The van der Waals surface area contributed by atoms with E-state index in [4.69, 9.17) is 19.4 Å². The summed E-state index contributed by atoms with van der Waals surface area (Å²) in [5.41, 5.74) is 0.344. The number of aromatic nitrogens is 7. The zero-order valence-electron chi connectivity index (χ0n) is 25.4. The number of piperidine rings is 1. The van der Waals surface area contributed by atoms with Gasteiger partial charge in [0.25, 0.3) is 5.56 Å². The van der Waals surface area contributed by atoms with Gasteiger partial charge in [-0.1, -0.05) is 26.0 Å². The number of likely N-dealkylation sites (tertiary alicyclic amines) is 1. The highest BCUT2D eigenvalue weighted by molar-refractivity contribution is 5.77. The molecule has 0 bridgehead atoms. The van der Waals surface area contributed by atoms with Crippen molar-refractivity contribution < 1.29 is 14.3 Å². The van der Waals surface area contributed by atoms with E-state index in [1.165, 1.54) is 10.9 Å². The van der Waals surface area contributed by atoms with E-state index in [1.54, 1.807) is 34.0 Å². The molecule has 4 aromatic rings. The lowest BCUT2D eigenvalue weighted by atomic mass is 10.1. The summed E-state index contributed by atoms with van der Waals surface area (Å²) in [5.74, 6) is 1.66. The molecule has 13 heteroatoms. The SMILES string of the molecule is C=CCn1c(=O)c2cnc(Nc3cnn(CC(C)C)c3)nc2n1-c1cccc(OC2CCN(C(=O)OC(C)(C)C)CC2)n1. The Kier molecular flexibility index (Phi) is 8.51. The molecule has 0 radical (unpaired) electrons. The van der Waals surface area contributed by atoms with Gasteiger partial charge in [0.2, 0.25) is 11.8 Å². The summed E-state index contributed by atoms with van der Waals surface area (Å²) in [6.45, 7) is 15.7. The molecule has 1 fully saturated rings. The van der Waals surface area contributed by atoms with Gasteiger partial charge in [-0.2, -0.15) is 15.1 Å². The number of fused-ring (bicyclic) bond motifs is 1. The number of nitrogens with zero attached hydrogens (tertiary/aromatic N) is 8. The molecule has 0 aliphatic carbocycles. The highest BCUT2D eigenvalue weighted by Gasteiger charge is 2.28. The highest BCUT2D eigenvalue weighted by atomic mass is 16.6. The number of rotatable bonds is 9. The summed E-state index contributed by atoms with van der Waals surface area (Å²) in [5, 5.41) is 7.92. The molecule has 0 atom stereocenters. The van der Waals surface area contributed by atoms with Crippen LogP contribution in [0.4, 0.5) is 16.4 Å². The fourth-order valence-electron chi connectivity index (χ4n) is 4.88. The molecule has 1 aliphatic heterocycles. The molecule has 0 saturated carbocycles. The lowest BCUT2D eigenvalue weighted by Gasteiger charge is -2.33. The maximum atomic E-state index is 13.3. The Bertz CT molecular complexity index is 1660. The van der Waals surface area contributed by atoms with Crippen LogP contribution in [0.5, 0.6) is 5.88 Å². The van der Waals surface area contributed by atoms with Gasteiger partial charge in [0.1, 0.15) is 17.1 Å². The Labute approximate surface area is 250 Å². The smallest absolute Gasteiger partial charge is 0.410 e. The average Bonchev–Trinajstić information content (AvgIpc) is 3.49. The number of hydrogen-bond donors (Lipinski definition) is 1. The molecule has 1 N–H and O–H groups in total. The molecular formula is C30H39N9O4. The van der Waals surface area contributed by atoms with Crippen LogP contribution in [-0.4, -0.2) is 69.9 Å². The van der Waals surface area contributed by atoms with Gasteiger partial charge in [-0.05, 0) is 32.8 Å². The van der Waals surface area contributed by atoms with E-state index >= 15 is 0 Å². The number of allylic oxidation sites excluding steroid dienone is 1. The van der Waals surface area contributed by atoms with Crippen LogP contribution in [0.25, 0.3) is 16.9 Å². The first-order chi connectivity index (χ1) is 20.5. The number of amides is 1. The average molecular weight is 590 g/mol. The summed E-state index contributed by atoms with van der Waals surface area (Å²) in [6, 6.07) is 5.40. The van der Waals surface area contributed by atoms with E-state index in [-0.39, 0.29) is 24.3 Å². The summed E-state index contributed by atoms with van der Waals surface area (Å²) >= 11 is 0. The second-order valence-electron chi connectivity index (χ2n) is 12.0. The van der Waals surface area contributed by atoms with Gasteiger partial charge in [0.15, 0.2) is 11.5 Å². The van der Waals surface area contributed by atoms with Gasteiger partial charge in [-0.15, -0.1) is 6.58 Å². The molecule has 5 rings (SSSR count).